The van der Waals surface area contributed by atoms with Crippen molar-refractivity contribution in [2.45, 2.75) is 100 Å². The van der Waals surface area contributed by atoms with Gasteiger partial charge in [0.15, 0.2) is 6.23 Å². The van der Waals surface area contributed by atoms with E-state index in [9.17, 15) is 14.4 Å². The summed E-state index contributed by atoms with van der Waals surface area (Å²) in [7, 11) is 0. The minimum absolute atomic E-state index is 0.0910. The first kappa shape index (κ1) is 30.3. The molecule has 1 amide bonds. The second-order valence-electron chi connectivity index (χ2n) is 11.9. The average molecular weight is 494 g/mol. The maximum atomic E-state index is 12.6. The van der Waals surface area contributed by atoms with Crippen LogP contribution in [0.15, 0.2) is 18.2 Å². The van der Waals surface area contributed by atoms with E-state index in [4.69, 9.17) is 18.9 Å². The highest BCUT2D eigenvalue weighted by Gasteiger charge is 2.33. The molecule has 0 fully saturated rings. The normalized spacial score (nSPS) is 13.9. The molecule has 8 nitrogen and oxygen atoms in total. The number of amides is 1. The number of esters is 1. The molecule has 8 heteroatoms. The molecule has 0 heterocycles. The molecule has 0 aliphatic carbocycles. The Bertz CT molecular complexity index is 858. The highest BCUT2D eigenvalue weighted by molar-refractivity contribution is 5.75. The van der Waals surface area contributed by atoms with Crippen molar-refractivity contribution in [2.75, 3.05) is 6.61 Å². The van der Waals surface area contributed by atoms with Crippen molar-refractivity contribution in [3.8, 4) is 0 Å². The van der Waals surface area contributed by atoms with E-state index >= 15 is 0 Å². The lowest BCUT2D eigenvalue weighted by Crippen LogP contribution is -2.48. The van der Waals surface area contributed by atoms with Crippen LogP contribution in [0.25, 0.3) is 0 Å². The molecule has 2 unspecified atom stereocenters. The zero-order valence-electron chi connectivity index (χ0n) is 23.2. The Labute approximate surface area is 210 Å². The molecule has 0 aliphatic heterocycles. The summed E-state index contributed by atoms with van der Waals surface area (Å²) in [5.74, 6) is -1.01. The lowest BCUT2D eigenvalue weighted by atomic mass is 9.95. The number of rotatable bonds is 7. The number of hydrogen-bond acceptors (Lipinski definition) is 7. The fourth-order valence-corrected chi connectivity index (χ4v) is 2.93. The maximum Gasteiger partial charge on any atom is 0.510 e. The number of carbonyl (C=O) groups is 3. The Morgan fingerprint density at radius 1 is 0.857 bits per heavy atom. The second-order valence-corrected chi connectivity index (χ2v) is 11.9. The van der Waals surface area contributed by atoms with E-state index in [1.165, 1.54) is 0 Å². The van der Waals surface area contributed by atoms with Crippen LogP contribution in [0.2, 0.25) is 0 Å². The minimum atomic E-state index is -1.17. The summed E-state index contributed by atoms with van der Waals surface area (Å²) in [6.45, 7) is 19.5. The molecule has 1 N–H and O–H groups in total. The number of ether oxygens (including phenoxy) is 4. The molecule has 0 saturated heterocycles. The lowest BCUT2D eigenvalue weighted by Gasteiger charge is -2.30. The summed E-state index contributed by atoms with van der Waals surface area (Å²) in [6, 6.07) is 5.97. The van der Waals surface area contributed by atoms with E-state index in [1.807, 2.05) is 32.0 Å². The SMILES string of the molecule is Cc1ccc(CC(COC(=O)C(C)(C)C)C(NC(=O)OC(C)(C)C)OC(=O)OC(C)(C)C)cc1C. The Balaban J connectivity index is 3.29. The van der Waals surface area contributed by atoms with Crippen LogP contribution in [-0.2, 0) is 30.2 Å². The first-order valence-electron chi connectivity index (χ1n) is 11.9. The van der Waals surface area contributed by atoms with Crippen molar-refractivity contribution >= 4 is 18.2 Å². The van der Waals surface area contributed by atoms with Gasteiger partial charge in [-0.15, -0.1) is 0 Å². The molecule has 1 rings (SSSR count). The van der Waals surface area contributed by atoms with E-state index in [2.05, 4.69) is 5.32 Å². The number of nitrogens with one attached hydrogen (secondary N) is 1. The number of carbonyl (C=O) groups excluding carboxylic acids is 3. The average Bonchev–Trinajstić information content (AvgIpc) is 2.63. The molecular formula is C27H43NO7. The van der Waals surface area contributed by atoms with Gasteiger partial charge in [-0.1, -0.05) is 18.2 Å². The second kappa shape index (κ2) is 11.8. The highest BCUT2D eigenvalue weighted by Crippen LogP contribution is 2.22. The van der Waals surface area contributed by atoms with Crippen LogP contribution in [0.1, 0.15) is 79.0 Å². The Morgan fingerprint density at radius 2 is 1.43 bits per heavy atom. The van der Waals surface area contributed by atoms with Gasteiger partial charge >= 0.3 is 18.2 Å². The molecule has 0 spiro atoms. The summed E-state index contributed by atoms with van der Waals surface area (Å²) >= 11 is 0. The fraction of sp³-hybridized carbons (Fsp3) is 0.667. The van der Waals surface area contributed by atoms with Crippen LogP contribution >= 0.6 is 0 Å². The van der Waals surface area contributed by atoms with Crippen LogP contribution in [0.4, 0.5) is 9.59 Å². The molecule has 0 bridgehead atoms. The third kappa shape index (κ3) is 12.0. The molecule has 0 saturated carbocycles. The van der Waals surface area contributed by atoms with E-state index in [1.54, 1.807) is 62.3 Å². The van der Waals surface area contributed by atoms with Gasteiger partial charge in [0.25, 0.3) is 0 Å². The predicted octanol–water partition coefficient (Wildman–Crippen LogP) is 5.85. The van der Waals surface area contributed by atoms with Gasteiger partial charge < -0.3 is 18.9 Å². The number of benzene rings is 1. The van der Waals surface area contributed by atoms with Crippen molar-refractivity contribution in [1.29, 1.82) is 0 Å². The first-order valence-corrected chi connectivity index (χ1v) is 11.9. The summed E-state index contributed by atoms with van der Waals surface area (Å²) in [5.41, 5.74) is 0.897. The van der Waals surface area contributed by atoms with Crippen LogP contribution in [0, 0.1) is 25.2 Å². The number of hydrogen-bond donors (Lipinski definition) is 1. The summed E-state index contributed by atoms with van der Waals surface area (Å²) in [4.78, 5) is 37.7. The number of aryl methyl sites for hydroxylation is 2. The van der Waals surface area contributed by atoms with Crippen molar-refractivity contribution in [1.82, 2.24) is 5.32 Å². The monoisotopic (exact) mass is 493 g/mol. The molecule has 1 aromatic rings. The fourth-order valence-electron chi connectivity index (χ4n) is 2.93. The van der Waals surface area contributed by atoms with Gasteiger partial charge in [0.05, 0.1) is 17.9 Å². The molecule has 198 valence electrons. The smallest absolute Gasteiger partial charge is 0.465 e. The topological polar surface area (TPSA) is 100 Å². The molecule has 35 heavy (non-hydrogen) atoms. The van der Waals surface area contributed by atoms with Crippen LogP contribution in [-0.4, -0.2) is 42.3 Å². The van der Waals surface area contributed by atoms with Crippen LogP contribution in [0.5, 0.6) is 0 Å². The standard InChI is InChI=1S/C27H43NO7/c1-17-12-13-19(14-18(17)2)15-20(16-32-22(29)25(3,4)5)21(28-23(30)34-26(6,7)8)33-24(31)35-27(9,10)11/h12-14,20-21H,15-16H2,1-11H3,(H,28,30). The molecule has 1 aromatic carbocycles. The van der Waals surface area contributed by atoms with Crippen molar-refractivity contribution < 1.29 is 33.3 Å². The third-order valence-electron chi connectivity index (χ3n) is 4.81. The van der Waals surface area contributed by atoms with Crippen molar-refractivity contribution in [3.05, 3.63) is 34.9 Å². The van der Waals surface area contributed by atoms with Gasteiger partial charge in [0, 0.05) is 0 Å². The summed E-state index contributed by atoms with van der Waals surface area (Å²) < 4.78 is 21.8. The Hall–Kier alpha value is -2.77. The minimum Gasteiger partial charge on any atom is -0.465 e. The summed E-state index contributed by atoms with van der Waals surface area (Å²) in [6.07, 6.45) is -2.53. The third-order valence-corrected chi connectivity index (χ3v) is 4.81. The van der Waals surface area contributed by atoms with Gasteiger partial charge in [-0.05, 0) is 99.3 Å². The van der Waals surface area contributed by atoms with Gasteiger partial charge in [-0.2, -0.15) is 0 Å². The van der Waals surface area contributed by atoms with E-state index in [0.717, 1.165) is 16.7 Å². The predicted molar refractivity (Wildman–Crippen MR) is 134 cm³/mol. The Kier molecular flexibility index (Phi) is 10.2. The largest absolute Gasteiger partial charge is 0.510 e. The molecule has 0 aliphatic rings. The van der Waals surface area contributed by atoms with E-state index < -0.39 is 47.0 Å². The lowest BCUT2D eigenvalue weighted by molar-refractivity contribution is -0.156. The van der Waals surface area contributed by atoms with Crippen molar-refractivity contribution in [2.24, 2.45) is 11.3 Å². The molecule has 0 aromatic heterocycles. The highest BCUT2D eigenvalue weighted by atomic mass is 16.7. The maximum absolute atomic E-state index is 12.6. The van der Waals surface area contributed by atoms with Gasteiger partial charge in [0.1, 0.15) is 11.2 Å². The van der Waals surface area contributed by atoms with Crippen molar-refractivity contribution in [3.63, 3.8) is 0 Å². The van der Waals surface area contributed by atoms with Crippen LogP contribution in [0.3, 0.4) is 0 Å². The zero-order chi connectivity index (χ0) is 27.2. The van der Waals surface area contributed by atoms with Gasteiger partial charge in [-0.25, -0.2) is 9.59 Å². The quantitative estimate of drug-likeness (QED) is 0.289. The van der Waals surface area contributed by atoms with Gasteiger partial charge in [0.2, 0.25) is 0 Å². The van der Waals surface area contributed by atoms with Gasteiger partial charge in [-0.3, -0.25) is 10.1 Å². The van der Waals surface area contributed by atoms with E-state index in [0.29, 0.717) is 6.42 Å². The van der Waals surface area contributed by atoms with E-state index in [-0.39, 0.29) is 6.61 Å². The molecule has 2 atom stereocenters. The Morgan fingerprint density at radius 3 is 1.91 bits per heavy atom. The zero-order valence-corrected chi connectivity index (χ0v) is 23.2. The summed E-state index contributed by atoms with van der Waals surface area (Å²) in [5, 5.41) is 2.62. The number of alkyl carbamates (subject to hydrolysis) is 1. The van der Waals surface area contributed by atoms with Crippen LogP contribution < -0.4 is 5.32 Å². The molecule has 0 radical (unpaired) electrons. The first-order chi connectivity index (χ1) is 15.8. The molecular weight excluding hydrogens is 450 g/mol.